The number of nitrogens with one attached hydrogen (secondary N) is 1. The smallest absolute Gasteiger partial charge is 0.138 e. The van der Waals surface area contributed by atoms with E-state index in [2.05, 4.69) is 5.32 Å². The van der Waals surface area contributed by atoms with E-state index in [9.17, 15) is 0 Å². The van der Waals surface area contributed by atoms with Crippen LogP contribution in [0.1, 0.15) is 0 Å². The third-order valence-electron chi connectivity index (χ3n) is 2.55. The van der Waals surface area contributed by atoms with Crippen molar-refractivity contribution in [3.8, 4) is 5.75 Å². The number of rotatable bonds is 3. The van der Waals surface area contributed by atoms with E-state index in [0.717, 1.165) is 18.8 Å². The molecule has 1 heterocycles. The molecular formula is C11H16N2O2. The molecule has 0 saturated carbocycles. The van der Waals surface area contributed by atoms with Gasteiger partial charge in [-0.1, -0.05) is 6.07 Å². The lowest BCUT2D eigenvalue weighted by molar-refractivity contribution is 0.0346. The molecule has 1 saturated heterocycles. The molecule has 0 spiro atoms. The largest absolute Gasteiger partial charge is 0.486 e. The van der Waals surface area contributed by atoms with Gasteiger partial charge in [0.15, 0.2) is 0 Å². The number of benzene rings is 1. The van der Waals surface area contributed by atoms with Gasteiger partial charge in [0.05, 0.1) is 0 Å². The van der Waals surface area contributed by atoms with Gasteiger partial charge in [0.2, 0.25) is 0 Å². The Balaban J connectivity index is 2.02. The quantitative estimate of drug-likeness (QED) is 0.715. The van der Waals surface area contributed by atoms with E-state index in [-0.39, 0.29) is 12.2 Å². The van der Waals surface area contributed by atoms with Crippen molar-refractivity contribution in [3.05, 3.63) is 24.3 Å². The first kappa shape index (κ1) is 10.3. The predicted molar refractivity (Wildman–Crippen MR) is 58.9 cm³/mol. The second kappa shape index (κ2) is 4.51. The molecule has 15 heavy (non-hydrogen) atoms. The third kappa shape index (κ3) is 2.40. The summed E-state index contributed by atoms with van der Waals surface area (Å²) in [4.78, 5) is 0. The van der Waals surface area contributed by atoms with Gasteiger partial charge in [0, 0.05) is 32.0 Å². The van der Waals surface area contributed by atoms with Crippen LogP contribution in [0.25, 0.3) is 0 Å². The monoisotopic (exact) mass is 208 g/mol. The van der Waals surface area contributed by atoms with Crippen molar-refractivity contribution in [1.82, 2.24) is 5.32 Å². The Bertz CT molecular complexity index is 330. The lowest BCUT2D eigenvalue weighted by Crippen LogP contribution is -2.31. The average molecular weight is 208 g/mol. The molecule has 2 atom stereocenters. The molecule has 0 bridgehead atoms. The second-order valence-corrected chi connectivity index (χ2v) is 3.66. The first-order chi connectivity index (χ1) is 7.29. The highest BCUT2D eigenvalue weighted by Gasteiger charge is 2.28. The molecule has 0 aromatic heterocycles. The standard InChI is InChI=1S/C11H16N2O2/c1-14-10-6-13-7-11(10)15-9-4-2-3-8(12)5-9/h2-5,10-11,13H,6-7,12H2,1H3. The number of ether oxygens (including phenoxy) is 2. The van der Waals surface area contributed by atoms with Crippen molar-refractivity contribution in [2.24, 2.45) is 0 Å². The second-order valence-electron chi connectivity index (χ2n) is 3.66. The van der Waals surface area contributed by atoms with Crippen LogP contribution in [0.15, 0.2) is 24.3 Å². The molecule has 82 valence electrons. The SMILES string of the molecule is COC1CNCC1Oc1cccc(N)c1. The highest BCUT2D eigenvalue weighted by molar-refractivity contribution is 5.43. The van der Waals surface area contributed by atoms with E-state index in [4.69, 9.17) is 15.2 Å². The van der Waals surface area contributed by atoms with E-state index in [1.807, 2.05) is 24.3 Å². The molecule has 0 aliphatic carbocycles. The van der Waals surface area contributed by atoms with E-state index in [1.165, 1.54) is 0 Å². The summed E-state index contributed by atoms with van der Waals surface area (Å²) < 4.78 is 11.1. The van der Waals surface area contributed by atoms with Crippen LogP contribution >= 0.6 is 0 Å². The number of anilines is 1. The zero-order chi connectivity index (χ0) is 10.7. The molecule has 0 radical (unpaired) electrons. The van der Waals surface area contributed by atoms with Crippen molar-refractivity contribution >= 4 is 5.69 Å². The molecule has 1 aromatic rings. The van der Waals surface area contributed by atoms with Gasteiger partial charge in [-0.25, -0.2) is 0 Å². The Morgan fingerprint density at radius 2 is 2.13 bits per heavy atom. The van der Waals surface area contributed by atoms with Crippen LogP contribution in [-0.4, -0.2) is 32.4 Å². The minimum absolute atomic E-state index is 0.0665. The Labute approximate surface area is 89.4 Å². The molecule has 4 nitrogen and oxygen atoms in total. The first-order valence-electron chi connectivity index (χ1n) is 5.05. The molecule has 4 heteroatoms. The highest BCUT2D eigenvalue weighted by Crippen LogP contribution is 2.18. The minimum Gasteiger partial charge on any atom is -0.486 e. The van der Waals surface area contributed by atoms with Crippen LogP contribution in [0.5, 0.6) is 5.75 Å². The lowest BCUT2D eigenvalue weighted by atomic mass is 10.2. The summed E-state index contributed by atoms with van der Waals surface area (Å²) >= 11 is 0. The normalized spacial score (nSPS) is 25.4. The first-order valence-corrected chi connectivity index (χ1v) is 5.05. The number of hydrogen-bond donors (Lipinski definition) is 2. The predicted octanol–water partition coefficient (Wildman–Crippen LogP) is 0.634. The summed E-state index contributed by atoms with van der Waals surface area (Å²) in [6, 6.07) is 7.45. The van der Waals surface area contributed by atoms with Crippen molar-refractivity contribution < 1.29 is 9.47 Å². The number of nitrogen functional groups attached to an aromatic ring is 1. The van der Waals surface area contributed by atoms with Crippen molar-refractivity contribution in [2.75, 3.05) is 25.9 Å². The van der Waals surface area contributed by atoms with Crippen LogP contribution in [0.3, 0.4) is 0 Å². The van der Waals surface area contributed by atoms with Gasteiger partial charge in [-0.05, 0) is 12.1 Å². The van der Waals surface area contributed by atoms with Crippen molar-refractivity contribution in [2.45, 2.75) is 12.2 Å². The molecule has 2 unspecified atom stereocenters. The van der Waals surface area contributed by atoms with Gasteiger partial charge in [-0.15, -0.1) is 0 Å². The number of hydrogen-bond acceptors (Lipinski definition) is 4. The summed E-state index contributed by atoms with van der Waals surface area (Å²) in [6.07, 6.45) is 0.184. The highest BCUT2D eigenvalue weighted by atomic mass is 16.5. The summed E-state index contributed by atoms with van der Waals surface area (Å²) in [5, 5.41) is 3.23. The zero-order valence-electron chi connectivity index (χ0n) is 8.77. The summed E-state index contributed by atoms with van der Waals surface area (Å²) in [5.41, 5.74) is 6.39. The van der Waals surface area contributed by atoms with E-state index in [1.54, 1.807) is 7.11 Å². The zero-order valence-corrected chi connectivity index (χ0v) is 8.77. The van der Waals surface area contributed by atoms with Gasteiger partial charge in [-0.3, -0.25) is 0 Å². The van der Waals surface area contributed by atoms with Gasteiger partial charge < -0.3 is 20.5 Å². The molecule has 1 aromatic carbocycles. The van der Waals surface area contributed by atoms with Gasteiger partial charge in [-0.2, -0.15) is 0 Å². The van der Waals surface area contributed by atoms with Gasteiger partial charge >= 0.3 is 0 Å². The Hall–Kier alpha value is -1.26. The molecule has 1 aliphatic rings. The Morgan fingerprint density at radius 1 is 1.33 bits per heavy atom. The fourth-order valence-electron chi connectivity index (χ4n) is 1.75. The van der Waals surface area contributed by atoms with Crippen LogP contribution < -0.4 is 15.8 Å². The maximum absolute atomic E-state index is 5.79. The molecule has 2 rings (SSSR count). The van der Waals surface area contributed by atoms with Crippen molar-refractivity contribution in [1.29, 1.82) is 0 Å². The summed E-state index contributed by atoms with van der Waals surface area (Å²) in [5.74, 6) is 0.797. The van der Waals surface area contributed by atoms with Gasteiger partial charge in [0.25, 0.3) is 0 Å². The Kier molecular flexibility index (Phi) is 3.08. The van der Waals surface area contributed by atoms with Gasteiger partial charge in [0.1, 0.15) is 18.0 Å². The van der Waals surface area contributed by atoms with Crippen LogP contribution in [0.2, 0.25) is 0 Å². The molecular weight excluding hydrogens is 192 g/mol. The fourth-order valence-corrected chi connectivity index (χ4v) is 1.75. The average Bonchev–Trinajstić information content (AvgIpc) is 2.65. The topological polar surface area (TPSA) is 56.5 Å². The number of methoxy groups -OCH3 is 1. The maximum Gasteiger partial charge on any atom is 0.138 e. The molecule has 1 fully saturated rings. The fraction of sp³-hybridized carbons (Fsp3) is 0.455. The summed E-state index contributed by atoms with van der Waals surface area (Å²) in [7, 11) is 1.70. The van der Waals surface area contributed by atoms with E-state index in [0.29, 0.717) is 5.69 Å². The van der Waals surface area contributed by atoms with E-state index >= 15 is 0 Å². The molecule has 1 aliphatic heterocycles. The Morgan fingerprint density at radius 3 is 2.87 bits per heavy atom. The molecule has 0 amide bonds. The third-order valence-corrected chi connectivity index (χ3v) is 2.55. The van der Waals surface area contributed by atoms with Crippen LogP contribution in [0, 0.1) is 0 Å². The van der Waals surface area contributed by atoms with E-state index < -0.39 is 0 Å². The number of nitrogens with two attached hydrogens (primary N) is 1. The maximum atomic E-state index is 5.79. The lowest BCUT2D eigenvalue weighted by Gasteiger charge is -2.19. The van der Waals surface area contributed by atoms with Crippen LogP contribution in [-0.2, 0) is 4.74 Å². The summed E-state index contributed by atoms with van der Waals surface area (Å²) in [6.45, 7) is 1.65. The van der Waals surface area contributed by atoms with Crippen molar-refractivity contribution in [3.63, 3.8) is 0 Å². The van der Waals surface area contributed by atoms with Crippen LogP contribution in [0.4, 0.5) is 5.69 Å². The minimum atomic E-state index is 0.0665. The molecule has 3 N–H and O–H groups in total.